The second-order valence-corrected chi connectivity index (χ2v) is 18.4. The molecule has 6 aliphatic rings. The van der Waals surface area contributed by atoms with E-state index >= 15 is 0 Å². The molecule has 10 nitrogen and oxygen atoms in total. The van der Waals surface area contributed by atoms with Crippen molar-refractivity contribution in [1.29, 1.82) is 0 Å². The molecule has 10 heteroatoms. The van der Waals surface area contributed by atoms with Crippen LogP contribution in [0.25, 0.3) is 0 Å². The highest BCUT2D eigenvalue weighted by molar-refractivity contribution is 5.25. The standard InChI is InChI=1S/C36H62O10/c1-30(2)21-9-13-33(6)22(32(21,5)12-10-23(30)45-29-27(41)26(40)25(39)20(18-37)44-29)17-19(38)28-34(33,7)15-16-36(28,43)35(8)14-11-24(46-35)31(3,4)42/h19-29,37-43H,9-18H2,1-8H3/t19-,20-,21?,22-,23-,24-,25-,26+,27-,28?,29+,32+,33-,34-,35+,36-/m1/s1. The van der Waals surface area contributed by atoms with Gasteiger partial charge in [-0.05, 0) is 112 Å². The fraction of sp³-hybridized carbons (Fsp3) is 1.00. The fourth-order valence-corrected chi connectivity index (χ4v) is 12.6. The van der Waals surface area contributed by atoms with Crippen LogP contribution in [0.15, 0.2) is 0 Å². The van der Waals surface area contributed by atoms with E-state index in [1.807, 2.05) is 6.92 Å². The molecule has 0 radical (unpaired) electrons. The van der Waals surface area contributed by atoms with Crippen LogP contribution < -0.4 is 0 Å². The Morgan fingerprint density at radius 2 is 1.46 bits per heavy atom. The highest BCUT2D eigenvalue weighted by Gasteiger charge is 2.76. The Bertz CT molecular complexity index is 1160. The van der Waals surface area contributed by atoms with Crippen molar-refractivity contribution in [3.63, 3.8) is 0 Å². The normalized spacial score (nSPS) is 57.1. The molecule has 6 rings (SSSR count). The van der Waals surface area contributed by atoms with E-state index in [4.69, 9.17) is 14.2 Å². The summed E-state index contributed by atoms with van der Waals surface area (Å²) in [7, 11) is 0. The van der Waals surface area contributed by atoms with Gasteiger partial charge in [-0.1, -0.05) is 34.6 Å². The van der Waals surface area contributed by atoms with Gasteiger partial charge in [0.15, 0.2) is 6.29 Å². The number of aliphatic hydroxyl groups is 7. The molecule has 2 saturated heterocycles. The van der Waals surface area contributed by atoms with Gasteiger partial charge in [-0.25, -0.2) is 0 Å². The van der Waals surface area contributed by atoms with E-state index in [0.717, 1.165) is 25.7 Å². The summed E-state index contributed by atoms with van der Waals surface area (Å²) in [6.07, 6.45) is -1.14. The molecular formula is C36H62O10. The van der Waals surface area contributed by atoms with E-state index in [1.165, 1.54) is 0 Å². The Morgan fingerprint density at radius 1 is 0.783 bits per heavy atom. The molecular weight excluding hydrogens is 592 g/mol. The van der Waals surface area contributed by atoms with Gasteiger partial charge in [-0.15, -0.1) is 0 Å². The molecule has 4 saturated carbocycles. The lowest BCUT2D eigenvalue weighted by Gasteiger charge is -2.71. The average molecular weight is 655 g/mol. The van der Waals surface area contributed by atoms with Crippen molar-refractivity contribution in [2.24, 2.45) is 39.4 Å². The predicted octanol–water partition coefficient (Wildman–Crippen LogP) is 2.65. The van der Waals surface area contributed by atoms with Crippen molar-refractivity contribution in [1.82, 2.24) is 0 Å². The molecule has 2 unspecified atom stereocenters. The molecule has 266 valence electrons. The maximum atomic E-state index is 12.7. The summed E-state index contributed by atoms with van der Waals surface area (Å²) in [6.45, 7) is 16.5. The lowest BCUT2D eigenvalue weighted by atomic mass is 9.35. The lowest BCUT2D eigenvalue weighted by molar-refractivity contribution is -0.333. The number of aliphatic hydroxyl groups excluding tert-OH is 5. The van der Waals surface area contributed by atoms with Crippen LogP contribution >= 0.6 is 0 Å². The van der Waals surface area contributed by atoms with E-state index < -0.39 is 60.2 Å². The molecule has 0 aromatic heterocycles. The van der Waals surface area contributed by atoms with Crippen LogP contribution in [0.5, 0.6) is 0 Å². The Morgan fingerprint density at radius 3 is 2.07 bits per heavy atom. The Balaban J connectivity index is 1.26. The first kappa shape index (κ1) is 35.4. The first-order valence-corrected chi connectivity index (χ1v) is 17.9. The van der Waals surface area contributed by atoms with E-state index in [-0.39, 0.29) is 51.6 Å². The molecule has 0 bridgehead atoms. The second-order valence-electron chi connectivity index (χ2n) is 18.4. The smallest absolute Gasteiger partial charge is 0.186 e. The summed E-state index contributed by atoms with van der Waals surface area (Å²) in [6, 6.07) is 0. The van der Waals surface area contributed by atoms with E-state index in [1.54, 1.807) is 13.8 Å². The van der Waals surface area contributed by atoms with Crippen molar-refractivity contribution in [2.75, 3.05) is 6.61 Å². The van der Waals surface area contributed by atoms with Crippen LogP contribution in [0, 0.1) is 39.4 Å². The average Bonchev–Trinajstić information content (AvgIpc) is 3.52. The lowest BCUT2D eigenvalue weighted by Crippen LogP contribution is -2.70. The van der Waals surface area contributed by atoms with Crippen molar-refractivity contribution < 1.29 is 50.0 Å². The van der Waals surface area contributed by atoms with Crippen LogP contribution in [0.2, 0.25) is 0 Å². The summed E-state index contributed by atoms with van der Waals surface area (Å²) in [5.41, 5.74) is -3.95. The van der Waals surface area contributed by atoms with Crippen molar-refractivity contribution in [3.8, 4) is 0 Å². The number of ether oxygens (including phenoxy) is 3. The minimum absolute atomic E-state index is 0.110. The molecule has 2 aliphatic heterocycles. The molecule has 46 heavy (non-hydrogen) atoms. The Hall–Kier alpha value is -0.400. The molecule has 2 heterocycles. The van der Waals surface area contributed by atoms with Crippen molar-refractivity contribution >= 4 is 0 Å². The highest BCUT2D eigenvalue weighted by Crippen LogP contribution is 2.77. The summed E-state index contributed by atoms with van der Waals surface area (Å²) in [4.78, 5) is 0. The maximum Gasteiger partial charge on any atom is 0.186 e. The van der Waals surface area contributed by atoms with Crippen LogP contribution in [-0.4, -0.2) is 108 Å². The van der Waals surface area contributed by atoms with E-state index in [9.17, 15) is 35.7 Å². The molecule has 16 atom stereocenters. The number of hydrogen-bond donors (Lipinski definition) is 7. The number of rotatable bonds is 5. The van der Waals surface area contributed by atoms with Crippen LogP contribution in [0.1, 0.15) is 113 Å². The fourth-order valence-electron chi connectivity index (χ4n) is 12.6. The van der Waals surface area contributed by atoms with Gasteiger partial charge in [0.25, 0.3) is 0 Å². The third-order valence-corrected chi connectivity index (χ3v) is 15.5. The minimum Gasteiger partial charge on any atom is -0.394 e. The summed E-state index contributed by atoms with van der Waals surface area (Å²) >= 11 is 0. The van der Waals surface area contributed by atoms with Crippen molar-refractivity contribution in [2.45, 2.75) is 179 Å². The van der Waals surface area contributed by atoms with Gasteiger partial charge in [-0.3, -0.25) is 0 Å². The predicted molar refractivity (Wildman–Crippen MR) is 169 cm³/mol. The van der Waals surface area contributed by atoms with Crippen molar-refractivity contribution in [3.05, 3.63) is 0 Å². The van der Waals surface area contributed by atoms with Gasteiger partial charge < -0.3 is 50.0 Å². The molecule has 6 fully saturated rings. The van der Waals surface area contributed by atoms with E-state index in [2.05, 4.69) is 34.6 Å². The van der Waals surface area contributed by atoms with Gasteiger partial charge in [0.2, 0.25) is 0 Å². The molecule has 0 spiro atoms. The quantitative estimate of drug-likeness (QED) is 0.219. The van der Waals surface area contributed by atoms with Gasteiger partial charge in [0.05, 0.1) is 41.7 Å². The van der Waals surface area contributed by atoms with Crippen LogP contribution in [0.3, 0.4) is 0 Å². The molecule has 0 aromatic carbocycles. The second kappa shape index (κ2) is 11.0. The molecule has 0 aromatic rings. The van der Waals surface area contributed by atoms with Crippen LogP contribution in [0.4, 0.5) is 0 Å². The van der Waals surface area contributed by atoms with Crippen LogP contribution in [-0.2, 0) is 14.2 Å². The zero-order valence-electron chi connectivity index (χ0n) is 29.3. The summed E-state index contributed by atoms with van der Waals surface area (Å²) in [5, 5.41) is 76.6. The first-order valence-electron chi connectivity index (χ1n) is 17.9. The Kier molecular flexibility index (Phi) is 8.51. The largest absolute Gasteiger partial charge is 0.394 e. The minimum atomic E-state index is -1.48. The summed E-state index contributed by atoms with van der Waals surface area (Å²) in [5.74, 6) is 0.120. The third kappa shape index (κ3) is 4.71. The highest BCUT2D eigenvalue weighted by atomic mass is 16.7. The zero-order valence-corrected chi connectivity index (χ0v) is 29.3. The van der Waals surface area contributed by atoms with E-state index in [0.29, 0.717) is 32.1 Å². The first-order chi connectivity index (χ1) is 21.1. The summed E-state index contributed by atoms with van der Waals surface area (Å²) < 4.78 is 18.7. The SMILES string of the molecule is CC(C)(O)[C@H]1CC[C@@](C)([C@@]2(O)CC[C@]3(C)C2[C@H](O)C[C@@H]2[C@@]4(C)CC[C@@H](O[C@@H]5O[C@H](CO)[C@@H](O)[C@H](O)[C@H]5O)C(C)(C)C4CC[C@]23C)O1. The Labute approximate surface area is 274 Å². The monoisotopic (exact) mass is 654 g/mol. The molecule has 4 aliphatic carbocycles. The topological polar surface area (TPSA) is 169 Å². The maximum absolute atomic E-state index is 12.7. The molecule has 0 amide bonds. The van der Waals surface area contributed by atoms with Gasteiger partial charge in [0.1, 0.15) is 24.4 Å². The number of fused-ring (bicyclic) bond motifs is 5. The third-order valence-electron chi connectivity index (χ3n) is 15.5. The zero-order chi connectivity index (χ0) is 34.0. The van der Waals surface area contributed by atoms with Gasteiger partial charge in [-0.2, -0.15) is 0 Å². The van der Waals surface area contributed by atoms with Gasteiger partial charge >= 0.3 is 0 Å². The van der Waals surface area contributed by atoms with Gasteiger partial charge in [0, 0.05) is 5.92 Å². The molecule has 7 N–H and O–H groups in total. The number of hydrogen-bond acceptors (Lipinski definition) is 10.